The number of H-pyrrole nitrogens is 1. The minimum absolute atomic E-state index is 0.00472. The number of rotatable bonds is 6. The number of phenols is 1. The molecule has 1 saturated heterocycles. The maximum absolute atomic E-state index is 15.4. The molecule has 1 aromatic heterocycles. The number of halogens is 6. The van der Waals surface area contributed by atoms with Gasteiger partial charge in [0.1, 0.15) is 11.3 Å². The van der Waals surface area contributed by atoms with E-state index in [4.69, 9.17) is 34.8 Å². The topological polar surface area (TPSA) is 96.9 Å². The Kier molecular flexibility index (Phi) is 8.36. The molecule has 3 heterocycles. The van der Waals surface area contributed by atoms with Crippen molar-refractivity contribution in [3.8, 4) is 5.75 Å². The van der Waals surface area contributed by atoms with Crippen LogP contribution in [0.5, 0.6) is 5.75 Å². The molecule has 0 saturated carbocycles. The van der Waals surface area contributed by atoms with E-state index in [2.05, 4.69) is 0 Å². The second kappa shape index (κ2) is 11.6. The molecule has 1 fully saturated rings. The van der Waals surface area contributed by atoms with Crippen molar-refractivity contribution >= 4 is 64.2 Å². The van der Waals surface area contributed by atoms with Crippen LogP contribution in [0.1, 0.15) is 40.5 Å². The summed E-state index contributed by atoms with van der Waals surface area (Å²) in [5.41, 5.74) is -2.32. The van der Waals surface area contributed by atoms with Crippen LogP contribution in [-0.4, -0.2) is 51.5 Å². The van der Waals surface area contributed by atoms with E-state index in [-0.39, 0.29) is 56.8 Å². The van der Waals surface area contributed by atoms with Gasteiger partial charge >= 0.3 is 11.4 Å². The van der Waals surface area contributed by atoms with Crippen LogP contribution < -0.4 is 10.5 Å². The van der Waals surface area contributed by atoms with Crippen LogP contribution in [0.25, 0.3) is 0 Å². The smallest absolute Gasteiger partial charge is 0.362 e. The number of alkyl halides is 3. The Bertz CT molecular complexity index is 1650. The van der Waals surface area contributed by atoms with Gasteiger partial charge in [-0.1, -0.05) is 41.0 Å². The number of fused-ring (bicyclic) bond motifs is 1. The lowest BCUT2D eigenvalue weighted by atomic mass is 10.1. The minimum atomic E-state index is -3.96. The van der Waals surface area contributed by atoms with Crippen molar-refractivity contribution in [1.82, 2.24) is 14.8 Å². The largest absolute Gasteiger partial charge is 0.503 e. The predicted molar refractivity (Wildman–Crippen MR) is 154 cm³/mol. The van der Waals surface area contributed by atoms with E-state index in [1.54, 1.807) is 11.0 Å². The number of phenolic OH excluding ortho intramolecular Hbond substituents is 1. The van der Waals surface area contributed by atoms with Gasteiger partial charge in [0.25, 0.3) is 11.5 Å². The van der Waals surface area contributed by atoms with Crippen molar-refractivity contribution in [3.05, 3.63) is 78.9 Å². The third-order valence-corrected chi connectivity index (χ3v) is 9.29. The van der Waals surface area contributed by atoms with Gasteiger partial charge < -0.3 is 19.9 Å². The number of carbonyl (C=O) groups excluding carboxylic acids is 2. The number of carbonyl (C=O) groups is 2. The molecule has 2 aliphatic rings. The zero-order valence-electron chi connectivity index (χ0n) is 21.8. The number of aromatic amines is 1. The van der Waals surface area contributed by atoms with Gasteiger partial charge in [-0.3, -0.25) is 14.5 Å². The minimum Gasteiger partial charge on any atom is -0.503 e. The Hall–Kier alpha value is -3.06. The van der Waals surface area contributed by atoms with Crippen LogP contribution in [-0.2, 0) is 18.5 Å². The molecular formula is C27H22Cl3F3N4O4S. The second-order valence-corrected chi connectivity index (χ2v) is 12.0. The summed E-state index contributed by atoms with van der Waals surface area (Å²) in [5, 5.41) is 7.03. The second-order valence-electron chi connectivity index (χ2n) is 9.63. The number of hydrogen-bond acceptors (Lipinski definition) is 5. The molecule has 0 aliphatic carbocycles. The van der Waals surface area contributed by atoms with Gasteiger partial charge in [0.15, 0.2) is 11.6 Å². The first-order valence-electron chi connectivity index (χ1n) is 12.7. The number of amides is 3. The summed E-state index contributed by atoms with van der Waals surface area (Å²) in [4.78, 5) is 45.7. The monoisotopic (exact) mass is 660 g/mol. The van der Waals surface area contributed by atoms with E-state index in [0.717, 1.165) is 22.7 Å². The molecule has 0 spiro atoms. The fraction of sp³-hybridized carbons (Fsp3) is 0.296. The molecule has 0 radical (unpaired) electrons. The zero-order valence-corrected chi connectivity index (χ0v) is 24.9. The molecule has 222 valence electrons. The maximum atomic E-state index is 15.4. The van der Waals surface area contributed by atoms with Gasteiger partial charge in [0.05, 0.1) is 15.7 Å². The molecule has 42 heavy (non-hydrogen) atoms. The molecule has 2 aromatic carbocycles. The van der Waals surface area contributed by atoms with E-state index >= 15 is 4.39 Å². The number of aromatic nitrogens is 1. The molecule has 15 heteroatoms. The summed E-state index contributed by atoms with van der Waals surface area (Å²) in [6.45, 7) is 2.54. The van der Waals surface area contributed by atoms with E-state index in [1.807, 2.05) is 11.9 Å². The normalized spacial score (nSPS) is 15.4. The molecule has 0 bridgehead atoms. The van der Waals surface area contributed by atoms with E-state index in [1.165, 1.54) is 23.1 Å². The highest BCUT2D eigenvalue weighted by Crippen LogP contribution is 2.43. The van der Waals surface area contributed by atoms with E-state index < -0.39 is 39.7 Å². The van der Waals surface area contributed by atoms with Crippen LogP contribution in [0.15, 0.2) is 44.9 Å². The summed E-state index contributed by atoms with van der Waals surface area (Å²) in [7, 11) is 0. The first-order chi connectivity index (χ1) is 19.8. The van der Waals surface area contributed by atoms with Crippen molar-refractivity contribution in [3.63, 3.8) is 0 Å². The van der Waals surface area contributed by atoms with Crippen LogP contribution in [0.3, 0.4) is 0 Å². The SMILES string of the molecule is CCN1CCCN(c2cc3c(c(F)c2O)CN(C(=O)c2c(Sc4c(Cl)cccc4Cl)cc(C(F)(F)Cl)[nH]c2=O)C3)C1=O. The van der Waals surface area contributed by atoms with Gasteiger partial charge in [-0.2, -0.15) is 8.78 Å². The molecule has 3 aromatic rings. The standard InChI is InChI=1S/C27H22Cl3F3N4O4S/c1-2-35-7-4-8-37(26(35)41)17-9-13-11-36(12-14(13)21(31)22(17)38)25(40)20-18(10-19(27(30,32)33)34-24(20)39)42-23-15(28)5-3-6-16(23)29/h3,5-6,9-10,38H,2,4,7-8,11-12H2,1H3,(H,34,39). The highest BCUT2D eigenvalue weighted by molar-refractivity contribution is 7.99. The average molecular weight is 662 g/mol. The van der Waals surface area contributed by atoms with Crippen LogP contribution in [0.2, 0.25) is 10.0 Å². The summed E-state index contributed by atoms with van der Waals surface area (Å²) >= 11 is 18.4. The highest BCUT2D eigenvalue weighted by Gasteiger charge is 2.37. The third-order valence-electron chi connectivity index (χ3n) is 7.04. The van der Waals surface area contributed by atoms with E-state index in [0.29, 0.717) is 25.1 Å². The first-order valence-corrected chi connectivity index (χ1v) is 14.6. The summed E-state index contributed by atoms with van der Waals surface area (Å²) in [6, 6.07) is 6.48. The van der Waals surface area contributed by atoms with Crippen LogP contribution in [0.4, 0.5) is 23.7 Å². The van der Waals surface area contributed by atoms with Crippen molar-refractivity contribution in [2.45, 2.75) is 41.6 Å². The molecular weight excluding hydrogens is 640 g/mol. The van der Waals surface area contributed by atoms with Gasteiger partial charge in [-0.05, 0) is 54.8 Å². The number of aromatic hydroxyl groups is 1. The van der Waals surface area contributed by atoms with Gasteiger partial charge in [0.2, 0.25) is 0 Å². The van der Waals surface area contributed by atoms with Gasteiger partial charge in [0, 0.05) is 48.1 Å². The van der Waals surface area contributed by atoms with Crippen molar-refractivity contribution < 1.29 is 27.9 Å². The fourth-order valence-electron chi connectivity index (χ4n) is 4.95. The maximum Gasteiger partial charge on any atom is 0.362 e. The Morgan fingerprint density at radius 1 is 1.14 bits per heavy atom. The number of anilines is 1. The summed E-state index contributed by atoms with van der Waals surface area (Å²) in [5.74, 6) is -2.62. The number of benzene rings is 2. The van der Waals surface area contributed by atoms with Crippen LogP contribution >= 0.6 is 46.6 Å². The number of hydrogen-bond donors (Lipinski definition) is 2. The highest BCUT2D eigenvalue weighted by atomic mass is 35.5. The lowest BCUT2D eigenvalue weighted by Gasteiger charge is -2.35. The van der Waals surface area contributed by atoms with Gasteiger partial charge in [-0.15, -0.1) is 0 Å². The summed E-state index contributed by atoms with van der Waals surface area (Å²) < 4.78 is 43.5. The Balaban J connectivity index is 1.53. The summed E-state index contributed by atoms with van der Waals surface area (Å²) in [6.07, 6.45) is 0.609. The fourth-order valence-corrected chi connectivity index (χ4v) is 6.69. The molecule has 0 atom stereocenters. The lowest BCUT2D eigenvalue weighted by molar-refractivity contribution is 0.0739. The Morgan fingerprint density at radius 2 is 1.83 bits per heavy atom. The third kappa shape index (κ3) is 5.52. The number of nitrogens with zero attached hydrogens (tertiary/aromatic N) is 3. The quantitative estimate of drug-likeness (QED) is 0.284. The van der Waals surface area contributed by atoms with Crippen molar-refractivity contribution in [1.29, 1.82) is 0 Å². The number of pyridine rings is 1. The van der Waals surface area contributed by atoms with Gasteiger partial charge in [-0.25, -0.2) is 9.18 Å². The predicted octanol–water partition coefficient (Wildman–Crippen LogP) is 6.77. The Labute approximate surface area is 256 Å². The molecule has 3 amide bonds. The number of urea groups is 1. The Morgan fingerprint density at radius 3 is 2.48 bits per heavy atom. The molecule has 5 rings (SSSR count). The lowest BCUT2D eigenvalue weighted by Crippen LogP contribution is -2.49. The molecule has 0 unspecified atom stereocenters. The first kappa shape index (κ1) is 30.4. The molecule has 2 aliphatic heterocycles. The average Bonchev–Trinajstić information content (AvgIpc) is 3.37. The molecule has 2 N–H and O–H groups in total. The van der Waals surface area contributed by atoms with Crippen molar-refractivity contribution in [2.24, 2.45) is 0 Å². The van der Waals surface area contributed by atoms with Crippen molar-refractivity contribution in [2.75, 3.05) is 24.5 Å². The molecule has 8 nitrogen and oxygen atoms in total. The zero-order chi connectivity index (χ0) is 30.5. The number of nitrogens with one attached hydrogen (secondary N) is 1. The van der Waals surface area contributed by atoms with Crippen LogP contribution in [0, 0.1) is 5.82 Å². The van der Waals surface area contributed by atoms with E-state index in [9.17, 15) is 28.3 Å².